The third-order valence-electron chi connectivity index (χ3n) is 5.15. The van der Waals surface area contributed by atoms with Crippen molar-refractivity contribution in [3.8, 4) is 5.75 Å². The van der Waals surface area contributed by atoms with Crippen LogP contribution in [0.25, 0.3) is 11.0 Å². The molecule has 2 aromatic rings. The van der Waals surface area contributed by atoms with Crippen LogP contribution >= 0.6 is 0 Å². The van der Waals surface area contributed by atoms with Gasteiger partial charge in [0.25, 0.3) is 0 Å². The molecule has 0 unspecified atom stereocenters. The maximum Gasteiger partial charge on any atom is 0.137 e. The van der Waals surface area contributed by atoms with Crippen molar-refractivity contribution in [3.63, 3.8) is 0 Å². The molecular weight excluding hydrogens is 292 g/mol. The molecule has 4 rings (SSSR count). The molecule has 2 fully saturated rings. The molecule has 1 N–H and O–H groups in total. The smallest absolute Gasteiger partial charge is 0.137 e. The SMILES string of the molecule is Oc1ccc2c(CN3CCC(N4CCOCC4)CC3)coc2c1. The zero-order valence-electron chi connectivity index (χ0n) is 13.4. The van der Waals surface area contributed by atoms with Crippen LogP contribution in [0.2, 0.25) is 0 Å². The summed E-state index contributed by atoms with van der Waals surface area (Å²) in [5.74, 6) is 0.254. The molecule has 5 heteroatoms. The quantitative estimate of drug-likeness (QED) is 0.942. The zero-order chi connectivity index (χ0) is 15.6. The third kappa shape index (κ3) is 3.22. The zero-order valence-corrected chi connectivity index (χ0v) is 13.4. The summed E-state index contributed by atoms with van der Waals surface area (Å²) < 4.78 is 11.0. The number of likely N-dealkylation sites (tertiary alicyclic amines) is 1. The van der Waals surface area contributed by atoms with E-state index in [-0.39, 0.29) is 5.75 Å². The maximum atomic E-state index is 9.53. The summed E-state index contributed by atoms with van der Waals surface area (Å²) in [7, 11) is 0. The van der Waals surface area contributed by atoms with Crippen LogP contribution in [0.1, 0.15) is 18.4 Å². The fourth-order valence-electron chi connectivity index (χ4n) is 3.82. The van der Waals surface area contributed by atoms with Crippen LogP contribution in [0.4, 0.5) is 0 Å². The Morgan fingerprint density at radius 2 is 1.87 bits per heavy atom. The highest BCUT2D eigenvalue weighted by Gasteiger charge is 2.26. The van der Waals surface area contributed by atoms with Gasteiger partial charge in [-0.05, 0) is 38.1 Å². The number of nitrogens with zero attached hydrogens (tertiary/aromatic N) is 2. The van der Waals surface area contributed by atoms with Crippen LogP contribution in [0.5, 0.6) is 5.75 Å². The van der Waals surface area contributed by atoms with Gasteiger partial charge >= 0.3 is 0 Å². The van der Waals surface area contributed by atoms with Gasteiger partial charge in [-0.1, -0.05) is 0 Å². The molecule has 1 aromatic carbocycles. The van der Waals surface area contributed by atoms with Gasteiger partial charge in [0.2, 0.25) is 0 Å². The summed E-state index contributed by atoms with van der Waals surface area (Å²) >= 11 is 0. The number of fused-ring (bicyclic) bond motifs is 1. The van der Waals surface area contributed by atoms with Gasteiger partial charge in [-0.3, -0.25) is 9.80 Å². The number of furan rings is 1. The van der Waals surface area contributed by atoms with E-state index < -0.39 is 0 Å². The monoisotopic (exact) mass is 316 g/mol. The highest BCUT2D eigenvalue weighted by Crippen LogP contribution is 2.27. The molecule has 124 valence electrons. The van der Waals surface area contributed by atoms with E-state index in [0.717, 1.165) is 56.9 Å². The van der Waals surface area contributed by atoms with Gasteiger partial charge in [0.15, 0.2) is 0 Å². The van der Waals surface area contributed by atoms with Gasteiger partial charge in [0.1, 0.15) is 11.3 Å². The summed E-state index contributed by atoms with van der Waals surface area (Å²) in [6.45, 7) is 7.12. The molecule has 2 saturated heterocycles. The summed E-state index contributed by atoms with van der Waals surface area (Å²) in [6, 6.07) is 6.08. The maximum absolute atomic E-state index is 9.53. The molecule has 0 radical (unpaired) electrons. The minimum Gasteiger partial charge on any atom is -0.508 e. The molecule has 0 saturated carbocycles. The normalized spacial score (nSPS) is 21.9. The lowest BCUT2D eigenvalue weighted by Crippen LogP contribution is -2.48. The average Bonchev–Trinajstić information content (AvgIpc) is 2.98. The summed E-state index contributed by atoms with van der Waals surface area (Å²) in [5.41, 5.74) is 1.98. The van der Waals surface area contributed by atoms with E-state index in [4.69, 9.17) is 9.15 Å². The van der Waals surface area contributed by atoms with Crippen molar-refractivity contribution >= 4 is 11.0 Å². The Balaban J connectivity index is 1.37. The first kappa shape index (κ1) is 15.0. The predicted octanol–water partition coefficient (Wildman–Crippen LogP) is 2.44. The largest absolute Gasteiger partial charge is 0.508 e. The molecule has 0 amide bonds. The first-order valence-corrected chi connectivity index (χ1v) is 8.53. The van der Waals surface area contributed by atoms with Gasteiger partial charge in [-0.15, -0.1) is 0 Å². The molecule has 0 atom stereocenters. The second-order valence-corrected chi connectivity index (χ2v) is 6.60. The second-order valence-electron chi connectivity index (χ2n) is 6.60. The van der Waals surface area contributed by atoms with E-state index in [0.29, 0.717) is 6.04 Å². The van der Waals surface area contributed by atoms with Gasteiger partial charge in [-0.2, -0.15) is 0 Å². The molecule has 3 heterocycles. The van der Waals surface area contributed by atoms with Crippen molar-refractivity contribution in [2.75, 3.05) is 39.4 Å². The Kier molecular flexibility index (Phi) is 4.25. The van der Waals surface area contributed by atoms with Crippen LogP contribution in [-0.2, 0) is 11.3 Å². The molecule has 2 aliphatic rings. The second kappa shape index (κ2) is 6.51. The highest BCUT2D eigenvalue weighted by molar-refractivity contribution is 5.82. The Bertz CT molecular complexity index is 655. The molecular formula is C18H24N2O3. The van der Waals surface area contributed by atoms with Gasteiger partial charge < -0.3 is 14.3 Å². The lowest BCUT2D eigenvalue weighted by atomic mass is 10.0. The van der Waals surface area contributed by atoms with E-state index in [1.54, 1.807) is 12.1 Å². The van der Waals surface area contributed by atoms with Crippen LogP contribution in [-0.4, -0.2) is 60.3 Å². The first-order chi connectivity index (χ1) is 11.3. The van der Waals surface area contributed by atoms with Gasteiger partial charge in [0.05, 0.1) is 19.5 Å². The number of piperidine rings is 1. The van der Waals surface area contributed by atoms with Crippen molar-refractivity contribution in [1.29, 1.82) is 0 Å². The average molecular weight is 316 g/mol. The van der Waals surface area contributed by atoms with Crippen LogP contribution in [0, 0.1) is 0 Å². The van der Waals surface area contributed by atoms with E-state index in [1.807, 2.05) is 12.3 Å². The van der Waals surface area contributed by atoms with Crippen LogP contribution < -0.4 is 0 Å². The highest BCUT2D eigenvalue weighted by atomic mass is 16.5. The van der Waals surface area contributed by atoms with E-state index in [2.05, 4.69) is 9.80 Å². The fraction of sp³-hybridized carbons (Fsp3) is 0.556. The van der Waals surface area contributed by atoms with Crippen molar-refractivity contribution in [1.82, 2.24) is 9.80 Å². The van der Waals surface area contributed by atoms with Crippen LogP contribution in [0.3, 0.4) is 0 Å². The summed E-state index contributed by atoms with van der Waals surface area (Å²) in [4.78, 5) is 5.10. The van der Waals surface area contributed by atoms with E-state index in [1.165, 1.54) is 18.4 Å². The minimum atomic E-state index is 0.254. The number of phenolic OH excluding ortho intramolecular Hbond substituents is 1. The van der Waals surface area contributed by atoms with Crippen molar-refractivity contribution in [2.24, 2.45) is 0 Å². The molecule has 0 bridgehead atoms. The number of hydrogen-bond acceptors (Lipinski definition) is 5. The molecule has 1 aromatic heterocycles. The Morgan fingerprint density at radius 3 is 2.65 bits per heavy atom. The van der Waals surface area contributed by atoms with Crippen molar-refractivity contribution in [2.45, 2.75) is 25.4 Å². The number of hydrogen-bond donors (Lipinski definition) is 1. The van der Waals surface area contributed by atoms with E-state index in [9.17, 15) is 5.11 Å². The topological polar surface area (TPSA) is 49.1 Å². The lowest BCUT2D eigenvalue weighted by Gasteiger charge is -2.40. The molecule has 23 heavy (non-hydrogen) atoms. The van der Waals surface area contributed by atoms with Crippen molar-refractivity contribution in [3.05, 3.63) is 30.0 Å². The number of ether oxygens (including phenoxy) is 1. The van der Waals surface area contributed by atoms with Gasteiger partial charge in [0, 0.05) is 42.7 Å². The number of morpholine rings is 1. The lowest BCUT2D eigenvalue weighted by molar-refractivity contribution is 0.000245. The summed E-state index contributed by atoms with van der Waals surface area (Å²) in [6.07, 6.45) is 4.30. The third-order valence-corrected chi connectivity index (χ3v) is 5.15. The summed E-state index contributed by atoms with van der Waals surface area (Å²) in [5, 5.41) is 10.6. The first-order valence-electron chi connectivity index (χ1n) is 8.53. The minimum absolute atomic E-state index is 0.254. The predicted molar refractivity (Wildman–Crippen MR) is 88.6 cm³/mol. The van der Waals surface area contributed by atoms with Crippen LogP contribution in [0.15, 0.2) is 28.9 Å². The molecule has 0 aliphatic carbocycles. The number of rotatable bonds is 3. The Labute approximate surface area is 136 Å². The molecule has 5 nitrogen and oxygen atoms in total. The fourth-order valence-corrected chi connectivity index (χ4v) is 3.82. The number of phenols is 1. The number of aromatic hydroxyl groups is 1. The van der Waals surface area contributed by atoms with Crippen molar-refractivity contribution < 1.29 is 14.3 Å². The standard InChI is InChI=1S/C18H24N2O3/c21-16-1-2-17-14(13-23-18(17)11-16)12-19-5-3-15(4-6-19)20-7-9-22-10-8-20/h1-2,11,13,15,21H,3-10,12H2. The molecule has 2 aliphatic heterocycles. The van der Waals surface area contributed by atoms with Gasteiger partial charge in [-0.25, -0.2) is 0 Å². The number of benzene rings is 1. The molecule has 0 spiro atoms. The van der Waals surface area contributed by atoms with E-state index >= 15 is 0 Å². The Hall–Kier alpha value is -1.56. The Morgan fingerprint density at radius 1 is 1.09 bits per heavy atom.